The Morgan fingerprint density at radius 3 is 2.60 bits per heavy atom. The molecule has 0 aliphatic carbocycles. The maximum absolute atomic E-state index is 13.1. The summed E-state index contributed by atoms with van der Waals surface area (Å²) in [6.07, 6.45) is 3.33. The highest BCUT2D eigenvalue weighted by Gasteiger charge is 2.25. The zero-order valence-corrected chi connectivity index (χ0v) is 17.3. The van der Waals surface area contributed by atoms with Crippen molar-refractivity contribution < 1.29 is 4.79 Å². The van der Waals surface area contributed by atoms with E-state index >= 15 is 0 Å². The van der Waals surface area contributed by atoms with Crippen LogP contribution in [0.3, 0.4) is 0 Å². The second kappa shape index (κ2) is 8.10. The average molecular weight is 403 g/mol. The molecule has 1 amide bonds. The van der Waals surface area contributed by atoms with Gasteiger partial charge in [-0.1, -0.05) is 12.1 Å². The molecule has 0 saturated carbocycles. The molecule has 1 saturated heterocycles. The van der Waals surface area contributed by atoms with Gasteiger partial charge in [0.2, 0.25) is 0 Å². The van der Waals surface area contributed by atoms with Crippen molar-refractivity contribution in [2.45, 2.75) is 20.4 Å². The van der Waals surface area contributed by atoms with Crippen molar-refractivity contribution in [1.82, 2.24) is 19.4 Å². The molecule has 0 radical (unpaired) electrons. The summed E-state index contributed by atoms with van der Waals surface area (Å²) in [5.41, 5.74) is 4.02. The van der Waals surface area contributed by atoms with Gasteiger partial charge < -0.3 is 9.80 Å². The number of amides is 1. The van der Waals surface area contributed by atoms with Crippen LogP contribution in [-0.2, 0) is 6.54 Å². The van der Waals surface area contributed by atoms with Crippen LogP contribution in [0.5, 0.6) is 0 Å². The van der Waals surface area contributed by atoms with Crippen LogP contribution in [0.1, 0.15) is 21.5 Å². The molecule has 0 unspecified atom stereocenters. The number of carbonyl (C=O) groups is 1. The Morgan fingerprint density at radius 1 is 1.13 bits per heavy atom. The van der Waals surface area contributed by atoms with Crippen molar-refractivity contribution in [1.29, 1.82) is 0 Å². The van der Waals surface area contributed by atoms with Gasteiger partial charge in [-0.2, -0.15) is 0 Å². The van der Waals surface area contributed by atoms with E-state index in [0.717, 1.165) is 5.56 Å². The third-order valence-corrected chi connectivity index (χ3v) is 5.62. The van der Waals surface area contributed by atoms with Crippen LogP contribution in [0.4, 0.5) is 5.82 Å². The maximum Gasteiger partial charge on any atom is 0.295 e. The van der Waals surface area contributed by atoms with E-state index in [1.807, 2.05) is 54.0 Å². The summed E-state index contributed by atoms with van der Waals surface area (Å²) in [6, 6.07) is 9.46. The van der Waals surface area contributed by atoms with Gasteiger partial charge in [0.1, 0.15) is 5.52 Å². The molecule has 0 bridgehead atoms. The van der Waals surface area contributed by atoms with Gasteiger partial charge in [0.15, 0.2) is 11.5 Å². The van der Waals surface area contributed by atoms with Crippen molar-refractivity contribution in [2.24, 2.45) is 0 Å². The van der Waals surface area contributed by atoms with Crippen LogP contribution in [0.2, 0.25) is 0 Å². The summed E-state index contributed by atoms with van der Waals surface area (Å²) < 4.78 is 1.59. The number of pyridine rings is 1. The second-order valence-electron chi connectivity index (χ2n) is 7.56. The van der Waals surface area contributed by atoms with Crippen molar-refractivity contribution in [3.63, 3.8) is 0 Å². The van der Waals surface area contributed by atoms with Crippen LogP contribution >= 0.6 is 0 Å². The number of fused-ring (bicyclic) bond motifs is 1. The monoisotopic (exact) mass is 403 g/mol. The van der Waals surface area contributed by atoms with Crippen molar-refractivity contribution in [3.05, 3.63) is 76.2 Å². The zero-order valence-electron chi connectivity index (χ0n) is 17.3. The molecule has 0 spiro atoms. The lowest BCUT2D eigenvalue weighted by molar-refractivity contribution is 0.0746. The Balaban J connectivity index is 1.57. The fourth-order valence-corrected chi connectivity index (χ4v) is 3.75. The Bertz CT molecular complexity index is 1180. The summed E-state index contributed by atoms with van der Waals surface area (Å²) in [5, 5.41) is 0. The summed E-state index contributed by atoms with van der Waals surface area (Å²) >= 11 is 0. The molecule has 3 aromatic rings. The van der Waals surface area contributed by atoms with Crippen LogP contribution < -0.4 is 10.5 Å². The molecule has 154 valence electrons. The molecule has 1 aromatic carbocycles. The third-order valence-electron chi connectivity index (χ3n) is 5.62. The highest BCUT2D eigenvalue weighted by molar-refractivity contribution is 5.94. The predicted octanol–water partition coefficient (Wildman–Crippen LogP) is 2.56. The number of hydrogen-bond donors (Lipinski definition) is 0. The molecular weight excluding hydrogens is 378 g/mol. The summed E-state index contributed by atoms with van der Waals surface area (Å²) in [5.74, 6) is 0.424. The number of aryl methyl sites for hydroxylation is 2. The fraction of sp³-hybridized carbons (Fsp3) is 0.304. The summed E-state index contributed by atoms with van der Waals surface area (Å²) in [6.45, 7) is 10.4. The normalized spacial score (nSPS) is 14.2. The summed E-state index contributed by atoms with van der Waals surface area (Å²) in [4.78, 5) is 38.7. The first-order valence-electron chi connectivity index (χ1n) is 10.1. The summed E-state index contributed by atoms with van der Waals surface area (Å²) in [7, 11) is 0. The lowest BCUT2D eigenvalue weighted by Crippen LogP contribution is -2.50. The van der Waals surface area contributed by atoms with Crippen LogP contribution in [0, 0.1) is 13.8 Å². The number of piperazine rings is 1. The van der Waals surface area contributed by atoms with Gasteiger partial charge in [-0.15, -0.1) is 6.58 Å². The quantitative estimate of drug-likeness (QED) is 0.626. The van der Waals surface area contributed by atoms with Crippen LogP contribution in [0.15, 0.2) is 54.0 Å². The van der Waals surface area contributed by atoms with Gasteiger partial charge in [-0.25, -0.2) is 9.97 Å². The molecule has 1 aliphatic rings. The number of allylic oxidation sites excluding steroid dienone is 1. The number of carbonyl (C=O) groups excluding carboxylic acids is 1. The van der Waals surface area contributed by atoms with E-state index in [9.17, 15) is 9.59 Å². The number of hydrogen-bond acceptors (Lipinski definition) is 5. The van der Waals surface area contributed by atoms with E-state index in [2.05, 4.69) is 16.5 Å². The third kappa shape index (κ3) is 3.58. The molecular formula is C23H25N5O2. The van der Waals surface area contributed by atoms with Gasteiger partial charge in [-0.05, 0) is 49.2 Å². The first-order valence-corrected chi connectivity index (χ1v) is 10.1. The standard InChI is InChI=1S/C23H25N5O2/c1-4-10-28-20-19(6-5-9-24-20)25-21(23(28)30)26-11-13-27(14-12-26)22(29)18-8-7-16(2)17(3)15-18/h4-9,15H,1,10-14H2,2-3H3. The molecule has 0 atom stereocenters. The molecule has 1 fully saturated rings. The minimum Gasteiger partial charge on any atom is -0.348 e. The SMILES string of the molecule is C=CCn1c(=O)c(N2CCN(C(=O)c3ccc(C)c(C)c3)CC2)nc2cccnc21. The van der Waals surface area contributed by atoms with Gasteiger partial charge >= 0.3 is 0 Å². The highest BCUT2D eigenvalue weighted by Crippen LogP contribution is 2.17. The minimum atomic E-state index is -0.185. The Kier molecular flexibility index (Phi) is 5.35. The molecule has 2 aromatic heterocycles. The predicted molar refractivity (Wildman–Crippen MR) is 118 cm³/mol. The van der Waals surface area contributed by atoms with E-state index in [1.165, 1.54) is 5.56 Å². The molecule has 3 heterocycles. The smallest absolute Gasteiger partial charge is 0.295 e. The first-order chi connectivity index (χ1) is 14.5. The van der Waals surface area contributed by atoms with Gasteiger partial charge in [0.25, 0.3) is 11.5 Å². The van der Waals surface area contributed by atoms with E-state index in [1.54, 1.807) is 16.8 Å². The Labute approximate surface area is 175 Å². The number of nitrogens with zero attached hydrogens (tertiary/aromatic N) is 5. The molecule has 4 rings (SSSR count). The number of rotatable bonds is 4. The zero-order chi connectivity index (χ0) is 21.3. The van der Waals surface area contributed by atoms with Crippen LogP contribution in [0.25, 0.3) is 11.2 Å². The number of benzene rings is 1. The van der Waals surface area contributed by atoms with Crippen molar-refractivity contribution in [2.75, 3.05) is 31.1 Å². The molecule has 7 heteroatoms. The molecule has 30 heavy (non-hydrogen) atoms. The topological polar surface area (TPSA) is 71.3 Å². The van der Waals surface area contributed by atoms with Crippen molar-refractivity contribution >= 4 is 22.9 Å². The number of anilines is 1. The number of aromatic nitrogens is 3. The van der Waals surface area contributed by atoms with Crippen LogP contribution in [-0.4, -0.2) is 51.5 Å². The van der Waals surface area contributed by atoms with Crippen molar-refractivity contribution in [3.8, 4) is 0 Å². The fourth-order valence-electron chi connectivity index (χ4n) is 3.75. The van der Waals surface area contributed by atoms with E-state index in [-0.39, 0.29) is 11.5 Å². The van der Waals surface area contributed by atoms with Gasteiger partial charge in [0, 0.05) is 44.5 Å². The lowest BCUT2D eigenvalue weighted by Gasteiger charge is -2.35. The molecule has 0 N–H and O–H groups in total. The highest BCUT2D eigenvalue weighted by atomic mass is 16.2. The Hall–Kier alpha value is -3.48. The maximum atomic E-state index is 13.1. The minimum absolute atomic E-state index is 0.0255. The largest absolute Gasteiger partial charge is 0.348 e. The first kappa shape index (κ1) is 19.8. The van der Waals surface area contributed by atoms with E-state index in [0.29, 0.717) is 55.3 Å². The van der Waals surface area contributed by atoms with Gasteiger partial charge in [0.05, 0.1) is 0 Å². The lowest BCUT2D eigenvalue weighted by atomic mass is 10.1. The second-order valence-corrected chi connectivity index (χ2v) is 7.56. The Morgan fingerprint density at radius 2 is 1.90 bits per heavy atom. The average Bonchev–Trinajstić information content (AvgIpc) is 2.77. The molecule has 1 aliphatic heterocycles. The van der Waals surface area contributed by atoms with E-state index in [4.69, 9.17) is 0 Å². The van der Waals surface area contributed by atoms with Gasteiger partial charge in [-0.3, -0.25) is 14.2 Å². The van der Waals surface area contributed by atoms with E-state index < -0.39 is 0 Å². The molecule has 7 nitrogen and oxygen atoms in total.